The van der Waals surface area contributed by atoms with Gasteiger partial charge in [0.1, 0.15) is 5.82 Å². The highest BCUT2D eigenvalue weighted by Crippen LogP contribution is 2.32. The minimum atomic E-state index is -0.281. The fraction of sp³-hybridized carbons (Fsp3) is 0.227. The van der Waals surface area contributed by atoms with Gasteiger partial charge in [0, 0.05) is 35.1 Å². The van der Waals surface area contributed by atoms with Crippen LogP contribution in [0.1, 0.15) is 11.1 Å². The molecule has 3 rings (SSSR count). The van der Waals surface area contributed by atoms with Gasteiger partial charge in [0.2, 0.25) is 0 Å². The Kier molecular flexibility index (Phi) is 6.56. The van der Waals surface area contributed by atoms with E-state index in [1.807, 2.05) is 12.1 Å². The van der Waals surface area contributed by atoms with Crippen LogP contribution >= 0.6 is 11.6 Å². The first kappa shape index (κ1) is 20.9. The molecular formula is C22H22ClFN2O3. The zero-order chi connectivity index (χ0) is 21.0. The number of halogens is 2. The molecule has 29 heavy (non-hydrogen) atoms. The molecule has 3 aromatic rings. The molecule has 0 aliphatic carbocycles. The Bertz CT molecular complexity index is 1090. The Hall–Kier alpha value is -2.83. The van der Waals surface area contributed by atoms with E-state index in [-0.39, 0.29) is 17.9 Å². The minimum Gasteiger partial charge on any atom is -0.493 e. The van der Waals surface area contributed by atoms with Crippen molar-refractivity contribution in [3.05, 3.63) is 81.4 Å². The van der Waals surface area contributed by atoms with Crippen LogP contribution in [0.4, 0.5) is 4.39 Å². The normalized spacial score (nSPS) is 10.9. The van der Waals surface area contributed by atoms with Crippen LogP contribution in [0, 0.1) is 5.82 Å². The topological polar surface area (TPSA) is 52.5 Å². The van der Waals surface area contributed by atoms with Gasteiger partial charge in [-0.3, -0.25) is 4.79 Å². The number of fused-ring (bicyclic) bond motifs is 1. The predicted octanol–water partition coefficient (Wildman–Crippen LogP) is 4.20. The number of pyridine rings is 1. The van der Waals surface area contributed by atoms with E-state index >= 15 is 0 Å². The molecule has 0 fully saturated rings. The van der Waals surface area contributed by atoms with Crippen LogP contribution < -0.4 is 20.3 Å². The molecule has 0 spiro atoms. The molecule has 0 aliphatic heterocycles. The van der Waals surface area contributed by atoms with E-state index in [2.05, 4.69) is 11.9 Å². The first-order valence-electron chi connectivity index (χ1n) is 9.00. The van der Waals surface area contributed by atoms with Gasteiger partial charge in [0.25, 0.3) is 5.56 Å². The van der Waals surface area contributed by atoms with Gasteiger partial charge in [-0.1, -0.05) is 30.3 Å². The number of methoxy groups -OCH3 is 2. The minimum absolute atomic E-state index is 0.168. The van der Waals surface area contributed by atoms with Crippen molar-refractivity contribution < 1.29 is 13.9 Å². The number of nitrogens with zero attached hydrogens (tertiary/aromatic N) is 1. The third-order valence-electron chi connectivity index (χ3n) is 4.56. The van der Waals surface area contributed by atoms with Crippen LogP contribution in [0.25, 0.3) is 10.9 Å². The average Bonchev–Trinajstić information content (AvgIpc) is 2.71. The SMILES string of the molecule is C=C(Cl)Cn1c(=O)c(CNCc2ccc(F)cc2)cc2cc(OC)c(OC)cc21. The lowest BCUT2D eigenvalue weighted by molar-refractivity contribution is 0.355. The molecule has 7 heteroatoms. The summed E-state index contributed by atoms with van der Waals surface area (Å²) in [6, 6.07) is 11.6. The summed E-state index contributed by atoms with van der Waals surface area (Å²) in [5.74, 6) is 0.812. The van der Waals surface area contributed by atoms with E-state index in [9.17, 15) is 9.18 Å². The number of hydrogen-bond acceptors (Lipinski definition) is 4. The van der Waals surface area contributed by atoms with Gasteiger partial charge < -0.3 is 19.4 Å². The summed E-state index contributed by atoms with van der Waals surface area (Å²) in [6.07, 6.45) is 0. The van der Waals surface area contributed by atoms with Crippen molar-refractivity contribution in [2.75, 3.05) is 14.2 Å². The van der Waals surface area contributed by atoms with Crippen LogP contribution in [-0.2, 0) is 19.6 Å². The Labute approximate surface area is 173 Å². The van der Waals surface area contributed by atoms with E-state index in [1.165, 1.54) is 12.1 Å². The van der Waals surface area contributed by atoms with Crippen LogP contribution in [0.3, 0.4) is 0 Å². The third kappa shape index (κ3) is 4.78. The summed E-state index contributed by atoms with van der Waals surface area (Å²) in [7, 11) is 3.10. The Morgan fingerprint density at radius 2 is 1.76 bits per heavy atom. The number of hydrogen-bond donors (Lipinski definition) is 1. The molecule has 2 aromatic carbocycles. The lowest BCUT2D eigenvalue weighted by Gasteiger charge is -2.16. The van der Waals surface area contributed by atoms with Gasteiger partial charge in [0.15, 0.2) is 11.5 Å². The van der Waals surface area contributed by atoms with Gasteiger partial charge in [-0.2, -0.15) is 0 Å². The zero-order valence-corrected chi connectivity index (χ0v) is 17.1. The van der Waals surface area contributed by atoms with Crippen LogP contribution in [-0.4, -0.2) is 18.8 Å². The molecule has 1 heterocycles. The maximum absolute atomic E-state index is 13.1. The van der Waals surface area contributed by atoms with Crippen LogP contribution in [0.2, 0.25) is 0 Å². The van der Waals surface area contributed by atoms with Gasteiger partial charge in [-0.05, 0) is 29.8 Å². The maximum atomic E-state index is 13.1. The first-order chi connectivity index (χ1) is 13.9. The molecule has 0 saturated carbocycles. The van der Waals surface area contributed by atoms with Gasteiger partial charge in [0.05, 0.1) is 26.3 Å². The molecule has 1 aromatic heterocycles. The fourth-order valence-corrected chi connectivity index (χ4v) is 3.28. The molecule has 0 unspecified atom stereocenters. The highest BCUT2D eigenvalue weighted by atomic mass is 35.5. The summed E-state index contributed by atoms with van der Waals surface area (Å²) in [4.78, 5) is 13.1. The second-order valence-electron chi connectivity index (χ2n) is 6.57. The zero-order valence-electron chi connectivity index (χ0n) is 16.3. The fourth-order valence-electron chi connectivity index (χ4n) is 3.16. The number of benzene rings is 2. The largest absolute Gasteiger partial charge is 0.493 e. The molecule has 0 atom stereocenters. The third-order valence-corrected chi connectivity index (χ3v) is 4.68. The molecule has 152 valence electrons. The number of rotatable bonds is 8. The number of aromatic nitrogens is 1. The molecular weight excluding hydrogens is 395 g/mol. The van der Waals surface area contributed by atoms with Crippen molar-refractivity contribution in [2.24, 2.45) is 0 Å². The molecule has 1 N–H and O–H groups in total. The Balaban J connectivity index is 1.97. The van der Waals surface area contributed by atoms with Gasteiger partial charge in [-0.15, -0.1) is 0 Å². The van der Waals surface area contributed by atoms with Crippen molar-refractivity contribution in [2.45, 2.75) is 19.6 Å². The second-order valence-corrected chi connectivity index (χ2v) is 7.11. The first-order valence-corrected chi connectivity index (χ1v) is 9.37. The van der Waals surface area contributed by atoms with Gasteiger partial charge in [-0.25, -0.2) is 4.39 Å². The van der Waals surface area contributed by atoms with E-state index in [1.54, 1.807) is 37.0 Å². The Morgan fingerprint density at radius 1 is 1.10 bits per heavy atom. The molecule has 0 amide bonds. The van der Waals surface area contributed by atoms with E-state index in [4.69, 9.17) is 21.1 Å². The summed E-state index contributed by atoms with van der Waals surface area (Å²) < 4.78 is 25.4. The van der Waals surface area contributed by atoms with Crippen LogP contribution in [0.5, 0.6) is 11.5 Å². The van der Waals surface area contributed by atoms with Crippen molar-refractivity contribution in [1.82, 2.24) is 9.88 Å². The van der Waals surface area contributed by atoms with Gasteiger partial charge >= 0.3 is 0 Å². The summed E-state index contributed by atoms with van der Waals surface area (Å²) in [5, 5.41) is 4.39. The summed E-state index contributed by atoms with van der Waals surface area (Å²) in [5.41, 5.74) is 2.01. The Morgan fingerprint density at radius 3 is 2.38 bits per heavy atom. The number of allylic oxidation sites excluding steroid dienone is 1. The van der Waals surface area contributed by atoms with Crippen molar-refractivity contribution in [3.8, 4) is 11.5 Å². The molecule has 0 radical (unpaired) electrons. The maximum Gasteiger partial charge on any atom is 0.255 e. The molecule has 0 aliphatic rings. The molecule has 0 saturated heterocycles. The van der Waals surface area contributed by atoms with E-state index < -0.39 is 0 Å². The highest BCUT2D eigenvalue weighted by molar-refractivity contribution is 6.29. The lowest BCUT2D eigenvalue weighted by atomic mass is 10.1. The average molecular weight is 417 g/mol. The second kappa shape index (κ2) is 9.11. The summed E-state index contributed by atoms with van der Waals surface area (Å²) >= 11 is 6.01. The standard InChI is InChI=1S/C22H22ClFN2O3/c1-14(23)13-26-19-10-21(29-3)20(28-2)9-16(19)8-17(22(26)27)12-25-11-15-4-6-18(24)7-5-15/h4-10,25H,1,11-13H2,2-3H3. The lowest BCUT2D eigenvalue weighted by Crippen LogP contribution is -2.27. The molecule has 5 nitrogen and oxygen atoms in total. The molecule has 0 bridgehead atoms. The quantitative estimate of drug-likeness (QED) is 0.598. The van der Waals surface area contributed by atoms with Crippen LogP contribution in [0.15, 0.2) is 58.9 Å². The van der Waals surface area contributed by atoms with Crippen molar-refractivity contribution in [3.63, 3.8) is 0 Å². The van der Waals surface area contributed by atoms with E-state index in [0.717, 1.165) is 10.9 Å². The van der Waals surface area contributed by atoms with E-state index in [0.29, 0.717) is 40.7 Å². The van der Waals surface area contributed by atoms with Crippen molar-refractivity contribution in [1.29, 1.82) is 0 Å². The predicted molar refractivity (Wildman–Crippen MR) is 113 cm³/mol. The number of ether oxygens (including phenoxy) is 2. The number of nitrogens with one attached hydrogen (secondary N) is 1. The van der Waals surface area contributed by atoms with Crippen molar-refractivity contribution >= 4 is 22.5 Å². The monoisotopic (exact) mass is 416 g/mol. The highest BCUT2D eigenvalue weighted by Gasteiger charge is 2.14. The smallest absolute Gasteiger partial charge is 0.255 e. The summed E-state index contributed by atoms with van der Waals surface area (Å²) in [6.45, 7) is 4.74.